The summed E-state index contributed by atoms with van der Waals surface area (Å²) in [7, 11) is 0. The van der Waals surface area contributed by atoms with Gasteiger partial charge in [0.1, 0.15) is 10.8 Å². The summed E-state index contributed by atoms with van der Waals surface area (Å²) in [6, 6.07) is 9.33. The molecule has 0 spiro atoms. The number of carbonyl (C=O) groups is 1. The third-order valence-electron chi connectivity index (χ3n) is 2.96. The second-order valence-corrected chi connectivity index (χ2v) is 6.48. The Morgan fingerprint density at radius 2 is 2.00 bits per heavy atom. The van der Waals surface area contributed by atoms with Crippen molar-refractivity contribution in [1.82, 2.24) is 10.2 Å². The molecule has 0 bridgehead atoms. The van der Waals surface area contributed by atoms with E-state index in [9.17, 15) is 4.79 Å². The fourth-order valence-electron chi connectivity index (χ4n) is 1.91. The van der Waals surface area contributed by atoms with Crippen molar-refractivity contribution in [2.24, 2.45) is 5.92 Å². The largest absolute Gasteiger partial charge is 0.481 e. The van der Waals surface area contributed by atoms with Gasteiger partial charge in [0.2, 0.25) is 5.13 Å². The van der Waals surface area contributed by atoms with Crippen LogP contribution < -0.4 is 10.1 Å². The monoisotopic (exact) mass is 319 g/mol. The van der Waals surface area contributed by atoms with Crippen molar-refractivity contribution in [2.45, 2.75) is 39.7 Å². The number of hydrogen-bond acceptors (Lipinski definition) is 5. The Morgan fingerprint density at radius 1 is 1.27 bits per heavy atom. The van der Waals surface area contributed by atoms with E-state index in [1.165, 1.54) is 11.3 Å². The Bertz CT molecular complexity index is 598. The second-order valence-electron chi connectivity index (χ2n) is 5.42. The van der Waals surface area contributed by atoms with Crippen molar-refractivity contribution < 1.29 is 9.53 Å². The van der Waals surface area contributed by atoms with Crippen molar-refractivity contribution in [2.75, 3.05) is 5.32 Å². The molecule has 1 N–H and O–H groups in total. The zero-order valence-electron chi connectivity index (χ0n) is 13.1. The van der Waals surface area contributed by atoms with Crippen LogP contribution in [0.25, 0.3) is 0 Å². The number of ether oxygens (including phenoxy) is 1. The Kier molecular flexibility index (Phi) is 5.89. The standard InChI is InChI=1S/C16H21N3O2S/c1-4-13(21-12-8-6-5-7-9-12)15(20)17-16-19-18-14(22-16)10-11(2)3/h5-9,11,13H,4,10H2,1-3H3,(H,17,19,20). The van der Waals surface area contributed by atoms with Crippen molar-refractivity contribution >= 4 is 22.4 Å². The number of nitrogens with one attached hydrogen (secondary N) is 1. The highest BCUT2D eigenvalue weighted by Crippen LogP contribution is 2.19. The highest BCUT2D eigenvalue weighted by molar-refractivity contribution is 7.15. The van der Waals surface area contributed by atoms with Gasteiger partial charge in [-0.15, -0.1) is 10.2 Å². The van der Waals surface area contributed by atoms with Crippen LogP contribution in [-0.2, 0) is 11.2 Å². The maximum Gasteiger partial charge on any atom is 0.267 e. The lowest BCUT2D eigenvalue weighted by Gasteiger charge is -2.16. The molecule has 1 amide bonds. The van der Waals surface area contributed by atoms with E-state index < -0.39 is 6.10 Å². The molecular weight excluding hydrogens is 298 g/mol. The molecule has 1 aromatic carbocycles. The number of anilines is 1. The Balaban J connectivity index is 1.95. The number of rotatable bonds is 7. The fraction of sp³-hybridized carbons (Fsp3) is 0.438. The smallest absolute Gasteiger partial charge is 0.267 e. The number of para-hydroxylation sites is 1. The molecule has 1 atom stereocenters. The van der Waals surface area contributed by atoms with Crippen molar-refractivity contribution in [3.05, 3.63) is 35.3 Å². The van der Waals surface area contributed by atoms with Crippen LogP contribution in [0.4, 0.5) is 5.13 Å². The molecule has 1 aromatic heterocycles. The molecule has 0 saturated heterocycles. The van der Waals surface area contributed by atoms with Gasteiger partial charge in [-0.1, -0.05) is 50.3 Å². The first-order chi connectivity index (χ1) is 10.6. The number of benzene rings is 1. The molecule has 2 aromatic rings. The maximum absolute atomic E-state index is 12.3. The van der Waals surface area contributed by atoms with E-state index in [1.54, 1.807) is 0 Å². The molecule has 1 unspecified atom stereocenters. The van der Waals surface area contributed by atoms with Gasteiger partial charge in [0.05, 0.1) is 0 Å². The predicted octanol–water partition coefficient (Wildman–Crippen LogP) is 3.53. The highest BCUT2D eigenvalue weighted by atomic mass is 32.1. The molecule has 6 heteroatoms. The molecular formula is C16H21N3O2S. The van der Waals surface area contributed by atoms with Crippen molar-refractivity contribution in [3.8, 4) is 5.75 Å². The summed E-state index contributed by atoms with van der Waals surface area (Å²) in [5, 5.41) is 12.3. The van der Waals surface area contributed by atoms with E-state index in [0.717, 1.165) is 11.4 Å². The first-order valence-corrected chi connectivity index (χ1v) is 8.25. The SMILES string of the molecule is CCC(Oc1ccccc1)C(=O)Nc1nnc(CC(C)C)s1. The molecule has 0 saturated carbocycles. The minimum Gasteiger partial charge on any atom is -0.481 e. The zero-order valence-corrected chi connectivity index (χ0v) is 13.9. The van der Waals surface area contributed by atoms with Gasteiger partial charge >= 0.3 is 0 Å². The first-order valence-electron chi connectivity index (χ1n) is 7.43. The van der Waals surface area contributed by atoms with Crippen LogP contribution in [0.2, 0.25) is 0 Å². The van der Waals surface area contributed by atoms with E-state index in [-0.39, 0.29) is 5.91 Å². The molecule has 5 nitrogen and oxygen atoms in total. The van der Waals surface area contributed by atoms with Gasteiger partial charge in [0.25, 0.3) is 5.91 Å². The topological polar surface area (TPSA) is 64.1 Å². The molecule has 22 heavy (non-hydrogen) atoms. The third-order valence-corrected chi connectivity index (χ3v) is 3.83. The summed E-state index contributed by atoms with van der Waals surface area (Å²) in [5.74, 6) is 1.00. The number of carbonyl (C=O) groups excluding carboxylic acids is 1. The number of nitrogens with zero attached hydrogens (tertiary/aromatic N) is 2. The van der Waals surface area contributed by atoms with Gasteiger partial charge in [-0.05, 0) is 24.5 Å². The molecule has 118 valence electrons. The zero-order chi connectivity index (χ0) is 15.9. The molecule has 0 aliphatic rings. The van der Waals surface area contributed by atoms with E-state index in [0.29, 0.717) is 23.2 Å². The summed E-state index contributed by atoms with van der Waals surface area (Å²) in [4.78, 5) is 12.3. The lowest BCUT2D eigenvalue weighted by atomic mass is 10.1. The Morgan fingerprint density at radius 3 is 2.64 bits per heavy atom. The predicted molar refractivity (Wildman–Crippen MR) is 88.2 cm³/mol. The van der Waals surface area contributed by atoms with E-state index >= 15 is 0 Å². The molecule has 0 fully saturated rings. The van der Waals surface area contributed by atoms with Crippen molar-refractivity contribution in [3.63, 3.8) is 0 Å². The Labute approximate surface area is 134 Å². The van der Waals surface area contributed by atoms with Gasteiger partial charge in [0.15, 0.2) is 6.10 Å². The molecule has 1 heterocycles. The van der Waals surface area contributed by atoms with Gasteiger partial charge in [-0.25, -0.2) is 0 Å². The first kappa shape index (κ1) is 16.4. The van der Waals surface area contributed by atoms with Crippen LogP contribution in [-0.4, -0.2) is 22.2 Å². The van der Waals surface area contributed by atoms with Crippen LogP contribution in [0.3, 0.4) is 0 Å². The van der Waals surface area contributed by atoms with Crippen LogP contribution in [0.5, 0.6) is 5.75 Å². The third kappa shape index (κ3) is 4.80. The molecule has 0 radical (unpaired) electrons. The van der Waals surface area contributed by atoms with E-state index in [2.05, 4.69) is 29.4 Å². The van der Waals surface area contributed by atoms with Gasteiger partial charge in [-0.2, -0.15) is 0 Å². The maximum atomic E-state index is 12.3. The number of hydrogen-bond donors (Lipinski definition) is 1. The highest BCUT2D eigenvalue weighted by Gasteiger charge is 2.20. The lowest BCUT2D eigenvalue weighted by Crippen LogP contribution is -2.32. The van der Waals surface area contributed by atoms with Crippen LogP contribution in [0, 0.1) is 5.92 Å². The van der Waals surface area contributed by atoms with Gasteiger partial charge in [-0.3, -0.25) is 10.1 Å². The normalized spacial score (nSPS) is 12.2. The molecule has 0 aliphatic carbocycles. The minimum absolute atomic E-state index is 0.196. The lowest BCUT2D eigenvalue weighted by molar-refractivity contribution is -0.122. The minimum atomic E-state index is -0.542. The van der Waals surface area contributed by atoms with Crippen molar-refractivity contribution in [1.29, 1.82) is 0 Å². The number of amides is 1. The summed E-state index contributed by atoms with van der Waals surface area (Å²) in [5.41, 5.74) is 0. The quantitative estimate of drug-likeness (QED) is 0.848. The van der Waals surface area contributed by atoms with Gasteiger partial charge in [0, 0.05) is 6.42 Å². The van der Waals surface area contributed by atoms with Crippen LogP contribution in [0.15, 0.2) is 30.3 Å². The summed E-state index contributed by atoms with van der Waals surface area (Å²) >= 11 is 1.41. The summed E-state index contributed by atoms with van der Waals surface area (Å²) in [6.45, 7) is 6.17. The number of aromatic nitrogens is 2. The average molecular weight is 319 g/mol. The molecule has 0 aliphatic heterocycles. The molecule has 2 rings (SSSR count). The summed E-state index contributed by atoms with van der Waals surface area (Å²) < 4.78 is 5.71. The summed E-state index contributed by atoms with van der Waals surface area (Å²) in [6.07, 6.45) is 0.906. The van der Waals surface area contributed by atoms with Crippen LogP contribution in [0.1, 0.15) is 32.2 Å². The Hall–Kier alpha value is -1.95. The van der Waals surface area contributed by atoms with Crippen LogP contribution >= 0.6 is 11.3 Å². The fourth-order valence-corrected chi connectivity index (χ4v) is 2.86. The van der Waals surface area contributed by atoms with E-state index in [4.69, 9.17) is 4.74 Å². The average Bonchev–Trinajstić information content (AvgIpc) is 2.92. The van der Waals surface area contributed by atoms with E-state index in [1.807, 2.05) is 37.3 Å². The second kappa shape index (κ2) is 7.89. The van der Waals surface area contributed by atoms with Gasteiger partial charge < -0.3 is 4.74 Å².